The monoisotopic (exact) mass is 346 g/mol. The van der Waals surface area contributed by atoms with E-state index < -0.39 is 17.5 Å². The summed E-state index contributed by atoms with van der Waals surface area (Å²) in [4.78, 5) is 24.3. The molecule has 0 N–H and O–H groups in total. The second-order valence-electron chi connectivity index (χ2n) is 5.93. The highest BCUT2D eigenvalue weighted by molar-refractivity contribution is 6.39. The Balaban J connectivity index is 1.83. The Morgan fingerprint density at radius 2 is 1.70 bits per heavy atom. The van der Waals surface area contributed by atoms with Crippen LogP contribution in [0.5, 0.6) is 0 Å². The predicted molar refractivity (Wildman–Crippen MR) is 87.8 cm³/mol. The lowest BCUT2D eigenvalue weighted by atomic mass is 9.89. The Morgan fingerprint density at radius 1 is 1.00 bits per heavy atom. The van der Waals surface area contributed by atoms with Crippen molar-refractivity contribution in [2.45, 2.75) is 18.9 Å². The number of halogens is 2. The summed E-state index contributed by atoms with van der Waals surface area (Å²) in [7, 11) is 0. The van der Waals surface area contributed by atoms with Crippen molar-refractivity contribution in [3.05, 3.63) is 59.2 Å². The first-order valence-corrected chi connectivity index (χ1v) is 7.84. The van der Waals surface area contributed by atoms with Gasteiger partial charge in [0.1, 0.15) is 0 Å². The van der Waals surface area contributed by atoms with E-state index in [1.54, 1.807) is 6.92 Å². The number of hydrogen-bond donors (Lipinski definition) is 0. The minimum Gasteiger partial charge on any atom is -0.270 e. The van der Waals surface area contributed by atoms with Gasteiger partial charge in [0.2, 0.25) is 0 Å². The fourth-order valence-corrected chi connectivity index (χ4v) is 3.84. The summed E-state index contributed by atoms with van der Waals surface area (Å²) in [5, 5.41) is 0. The summed E-state index contributed by atoms with van der Waals surface area (Å²) in [6, 6.07) is 13.2. The SMILES string of the molecule is CC1(c2ccc3c(c2)Cc2ccccc2-3)C(=O)N(Cl)C(=O)N1Cl. The third-order valence-corrected chi connectivity index (χ3v) is 5.46. The van der Waals surface area contributed by atoms with Crippen LogP contribution < -0.4 is 0 Å². The molecular formula is C17H12Cl2N2O2. The molecule has 1 heterocycles. The van der Waals surface area contributed by atoms with Crippen LogP contribution in [-0.2, 0) is 16.8 Å². The number of fused-ring (bicyclic) bond motifs is 3. The number of imide groups is 1. The largest absolute Gasteiger partial charge is 0.357 e. The molecule has 3 amide bonds. The summed E-state index contributed by atoms with van der Waals surface area (Å²) in [6.07, 6.45) is 0.796. The number of amides is 3. The van der Waals surface area contributed by atoms with E-state index >= 15 is 0 Å². The topological polar surface area (TPSA) is 40.6 Å². The van der Waals surface area contributed by atoms with Crippen molar-refractivity contribution in [2.75, 3.05) is 0 Å². The molecule has 1 atom stereocenters. The van der Waals surface area contributed by atoms with Crippen LogP contribution in [0.15, 0.2) is 42.5 Å². The van der Waals surface area contributed by atoms with Gasteiger partial charge in [0.25, 0.3) is 5.91 Å². The molecule has 1 aliphatic carbocycles. The Kier molecular flexibility index (Phi) is 2.99. The predicted octanol–water partition coefficient (Wildman–Crippen LogP) is 4.04. The smallest absolute Gasteiger partial charge is 0.270 e. The van der Waals surface area contributed by atoms with Gasteiger partial charge in [-0.3, -0.25) is 4.79 Å². The lowest BCUT2D eigenvalue weighted by Crippen LogP contribution is -2.39. The molecule has 1 aliphatic heterocycles. The van der Waals surface area contributed by atoms with Crippen molar-refractivity contribution >= 4 is 35.5 Å². The number of benzene rings is 2. The van der Waals surface area contributed by atoms with Gasteiger partial charge in [-0.25, -0.2) is 9.21 Å². The second kappa shape index (κ2) is 4.73. The number of hydrogen-bond acceptors (Lipinski definition) is 2. The zero-order valence-corrected chi connectivity index (χ0v) is 13.7. The van der Waals surface area contributed by atoms with E-state index in [4.69, 9.17) is 23.6 Å². The van der Waals surface area contributed by atoms with E-state index in [9.17, 15) is 9.59 Å². The van der Waals surface area contributed by atoms with Crippen molar-refractivity contribution in [2.24, 2.45) is 0 Å². The molecule has 0 aromatic heterocycles. The van der Waals surface area contributed by atoms with Gasteiger partial charge in [0.15, 0.2) is 5.54 Å². The normalized spacial score (nSPS) is 22.6. The highest BCUT2D eigenvalue weighted by Crippen LogP contribution is 2.43. The van der Waals surface area contributed by atoms with E-state index in [1.807, 2.05) is 30.3 Å². The molecule has 6 heteroatoms. The van der Waals surface area contributed by atoms with E-state index in [0.717, 1.165) is 22.0 Å². The molecule has 0 radical (unpaired) electrons. The lowest BCUT2D eigenvalue weighted by Gasteiger charge is -2.26. The summed E-state index contributed by atoms with van der Waals surface area (Å²) in [5.74, 6) is -0.547. The Bertz CT molecular complexity index is 867. The molecule has 0 saturated carbocycles. The maximum Gasteiger partial charge on any atom is 0.357 e. The summed E-state index contributed by atoms with van der Waals surface area (Å²) < 4.78 is 1.40. The van der Waals surface area contributed by atoms with Crippen molar-refractivity contribution in [1.29, 1.82) is 0 Å². The summed E-state index contributed by atoms with van der Waals surface area (Å²) in [5.41, 5.74) is 4.07. The number of rotatable bonds is 1. The van der Waals surface area contributed by atoms with Crippen molar-refractivity contribution in [3.8, 4) is 11.1 Å². The molecule has 0 bridgehead atoms. The van der Waals surface area contributed by atoms with Crippen LogP contribution in [0.2, 0.25) is 0 Å². The zero-order valence-electron chi connectivity index (χ0n) is 12.2. The average Bonchev–Trinajstić information content (AvgIpc) is 3.01. The van der Waals surface area contributed by atoms with Crippen LogP contribution in [-0.4, -0.2) is 20.8 Å². The van der Waals surface area contributed by atoms with Gasteiger partial charge in [0, 0.05) is 23.6 Å². The maximum absolute atomic E-state index is 12.4. The first-order valence-electron chi connectivity index (χ1n) is 7.16. The van der Waals surface area contributed by atoms with E-state index in [1.165, 1.54) is 11.1 Å². The van der Waals surface area contributed by atoms with Gasteiger partial charge in [-0.05, 0) is 41.2 Å². The number of nitrogens with zero attached hydrogens (tertiary/aromatic N) is 2. The minimum atomic E-state index is -1.30. The highest BCUT2D eigenvalue weighted by Gasteiger charge is 2.55. The first-order chi connectivity index (χ1) is 10.9. The number of carbonyl (C=O) groups excluding carboxylic acids is 2. The van der Waals surface area contributed by atoms with Gasteiger partial charge in [-0.1, -0.05) is 42.5 Å². The molecule has 116 valence electrons. The van der Waals surface area contributed by atoms with Crippen LogP contribution >= 0.6 is 23.6 Å². The van der Waals surface area contributed by atoms with E-state index in [0.29, 0.717) is 9.98 Å². The van der Waals surface area contributed by atoms with Crippen LogP contribution in [0.4, 0.5) is 4.79 Å². The molecule has 1 unspecified atom stereocenters. The first kappa shape index (κ1) is 14.5. The van der Waals surface area contributed by atoms with Gasteiger partial charge in [-0.15, -0.1) is 0 Å². The quantitative estimate of drug-likeness (QED) is 0.492. The van der Waals surface area contributed by atoms with Gasteiger partial charge >= 0.3 is 6.03 Å². The van der Waals surface area contributed by atoms with Crippen LogP contribution in [0.3, 0.4) is 0 Å². The molecule has 23 heavy (non-hydrogen) atoms. The Hall–Kier alpha value is -2.04. The Labute approximate surface area is 143 Å². The van der Waals surface area contributed by atoms with Gasteiger partial charge in [0.05, 0.1) is 0 Å². The molecular weight excluding hydrogens is 335 g/mol. The lowest BCUT2D eigenvalue weighted by molar-refractivity contribution is -0.128. The van der Waals surface area contributed by atoms with Gasteiger partial charge in [-0.2, -0.15) is 4.42 Å². The molecule has 4 rings (SSSR count). The number of urea groups is 1. The van der Waals surface area contributed by atoms with Crippen LogP contribution in [0.25, 0.3) is 11.1 Å². The van der Waals surface area contributed by atoms with Crippen molar-refractivity contribution in [3.63, 3.8) is 0 Å². The average molecular weight is 347 g/mol. The molecule has 4 nitrogen and oxygen atoms in total. The molecule has 2 aromatic rings. The summed E-state index contributed by atoms with van der Waals surface area (Å²) in [6.45, 7) is 1.60. The fourth-order valence-electron chi connectivity index (χ4n) is 3.32. The summed E-state index contributed by atoms with van der Waals surface area (Å²) >= 11 is 11.8. The third-order valence-electron chi connectivity index (χ3n) is 4.68. The Morgan fingerprint density at radius 3 is 2.39 bits per heavy atom. The maximum atomic E-state index is 12.4. The highest BCUT2D eigenvalue weighted by atomic mass is 35.5. The molecule has 2 aliphatic rings. The molecule has 0 spiro atoms. The fraction of sp³-hybridized carbons (Fsp3) is 0.176. The molecule has 1 saturated heterocycles. The van der Waals surface area contributed by atoms with Crippen molar-refractivity contribution in [1.82, 2.24) is 8.84 Å². The molecule has 1 fully saturated rings. The minimum absolute atomic E-state index is 0.537. The zero-order chi connectivity index (χ0) is 16.4. The van der Waals surface area contributed by atoms with Crippen LogP contribution in [0, 0.1) is 0 Å². The molecule has 2 aromatic carbocycles. The van der Waals surface area contributed by atoms with Crippen molar-refractivity contribution < 1.29 is 9.59 Å². The standard InChI is InChI=1S/C17H12Cl2N2O2/c1-17(15(22)20(18)16(23)21(17)19)12-6-7-14-11(9-12)8-10-4-2-3-5-13(10)14/h2-7,9H,8H2,1H3. The third kappa shape index (κ3) is 1.79. The van der Waals surface area contributed by atoms with Gasteiger partial charge < -0.3 is 0 Å². The van der Waals surface area contributed by atoms with E-state index in [-0.39, 0.29) is 0 Å². The van der Waals surface area contributed by atoms with Crippen LogP contribution in [0.1, 0.15) is 23.6 Å². The number of carbonyl (C=O) groups is 2. The second-order valence-corrected chi connectivity index (χ2v) is 6.60. The van der Waals surface area contributed by atoms with E-state index in [2.05, 4.69) is 12.1 Å².